The number of nitrogens with zero attached hydrogens (tertiary/aromatic N) is 4. The summed E-state index contributed by atoms with van der Waals surface area (Å²) in [6.07, 6.45) is 0.403. The number of nitro groups is 1. The molecule has 0 fully saturated rings. The first kappa shape index (κ1) is 19.9. The highest BCUT2D eigenvalue weighted by atomic mass is 35.5. The van der Waals surface area contributed by atoms with Crippen LogP contribution in [0.5, 0.6) is 0 Å². The summed E-state index contributed by atoms with van der Waals surface area (Å²) in [6, 6.07) is 10.1. The normalized spacial score (nSPS) is 11.0. The molecule has 0 unspecified atom stereocenters. The number of rotatable bonds is 6. The summed E-state index contributed by atoms with van der Waals surface area (Å²) in [5, 5.41) is 20.2. The summed E-state index contributed by atoms with van der Waals surface area (Å²) in [5.74, 6) is -0.728. The molecule has 30 heavy (non-hydrogen) atoms. The van der Waals surface area contributed by atoms with Crippen LogP contribution in [-0.2, 0) is 6.42 Å². The summed E-state index contributed by atoms with van der Waals surface area (Å²) >= 11 is 7.21. The first-order chi connectivity index (χ1) is 14.4. The minimum absolute atomic E-state index is 0.106. The predicted molar refractivity (Wildman–Crippen MR) is 110 cm³/mol. The number of thiazole rings is 1. The van der Waals surface area contributed by atoms with Gasteiger partial charge in [-0.15, -0.1) is 16.4 Å². The Labute approximate surface area is 178 Å². The highest BCUT2D eigenvalue weighted by Crippen LogP contribution is 2.24. The number of carbonyl (C=O) groups is 1. The first-order valence-electron chi connectivity index (χ1n) is 8.74. The lowest BCUT2D eigenvalue weighted by Crippen LogP contribution is -2.26. The van der Waals surface area contributed by atoms with Crippen LogP contribution in [0.1, 0.15) is 16.1 Å². The van der Waals surface area contributed by atoms with E-state index in [1.165, 1.54) is 35.6 Å². The smallest absolute Gasteiger partial charge is 0.282 e. The second-order valence-electron chi connectivity index (χ2n) is 6.26. The van der Waals surface area contributed by atoms with Gasteiger partial charge in [-0.05, 0) is 24.3 Å². The molecule has 0 bridgehead atoms. The SMILES string of the molecule is O=C(NCCc1csc2nc(-c3ccccc3F)nn12)c1cc(Cl)ccc1[N+](=O)[O-]. The third kappa shape index (κ3) is 3.87. The maximum absolute atomic E-state index is 14.0. The van der Waals surface area contributed by atoms with Gasteiger partial charge in [-0.25, -0.2) is 8.91 Å². The van der Waals surface area contributed by atoms with Gasteiger partial charge in [-0.3, -0.25) is 14.9 Å². The first-order valence-corrected chi connectivity index (χ1v) is 10.00. The van der Waals surface area contributed by atoms with Gasteiger partial charge in [0.25, 0.3) is 11.6 Å². The monoisotopic (exact) mass is 445 g/mol. The fraction of sp³-hybridized carbons (Fsp3) is 0.105. The van der Waals surface area contributed by atoms with Crippen LogP contribution in [0.2, 0.25) is 5.02 Å². The molecule has 2 heterocycles. The van der Waals surface area contributed by atoms with Gasteiger partial charge in [-0.2, -0.15) is 4.98 Å². The van der Waals surface area contributed by atoms with Crippen LogP contribution in [0, 0.1) is 15.9 Å². The van der Waals surface area contributed by atoms with E-state index >= 15 is 0 Å². The number of hydrogen-bond donors (Lipinski definition) is 1. The number of nitro benzene ring substituents is 1. The Morgan fingerprint density at radius 3 is 2.87 bits per heavy atom. The fourth-order valence-corrected chi connectivity index (χ4v) is 3.93. The van der Waals surface area contributed by atoms with Gasteiger partial charge in [0.1, 0.15) is 11.4 Å². The van der Waals surface area contributed by atoms with E-state index in [-0.39, 0.29) is 28.6 Å². The highest BCUT2D eigenvalue weighted by molar-refractivity contribution is 7.15. The average Bonchev–Trinajstić information content (AvgIpc) is 3.29. The van der Waals surface area contributed by atoms with Crippen molar-refractivity contribution in [2.24, 2.45) is 0 Å². The predicted octanol–water partition coefficient (Wildman–Crippen LogP) is 4.13. The van der Waals surface area contributed by atoms with Crippen molar-refractivity contribution in [1.29, 1.82) is 0 Å². The number of amides is 1. The standard InChI is InChI=1S/C19H13ClFN5O3S/c20-11-5-6-16(26(28)29)14(9-11)18(27)22-8-7-12-10-30-19-23-17(24-25(12)19)13-3-1-2-4-15(13)21/h1-6,9-10H,7-8H2,(H,22,27). The summed E-state index contributed by atoms with van der Waals surface area (Å²) in [5.41, 5.74) is 0.651. The molecule has 1 N–H and O–H groups in total. The van der Waals surface area contributed by atoms with Gasteiger partial charge in [0.05, 0.1) is 16.2 Å². The van der Waals surface area contributed by atoms with Crippen molar-refractivity contribution in [3.63, 3.8) is 0 Å². The van der Waals surface area contributed by atoms with E-state index in [9.17, 15) is 19.3 Å². The second kappa shape index (κ2) is 8.17. The van der Waals surface area contributed by atoms with Crippen molar-refractivity contribution in [3.05, 3.63) is 80.1 Å². The summed E-state index contributed by atoms with van der Waals surface area (Å²) in [7, 11) is 0. The van der Waals surface area contributed by atoms with Crippen LogP contribution < -0.4 is 5.32 Å². The average molecular weight is 446 g/mol. The molecule has 0 radical (unpaired) electrons. The summed E-state index contributed by atoms with van der Waals surface area (Å²) in [4.78, 5) is 27.8. The van der Waals surface area contributed by atoms with Crippen LogP contribution in [0.3, 0.4) is 0 Å². The van der Waals surface area contributed by atoms with Crippen molar-refractivity contribution in [2.45, 2.75) is 6.42 Å². The minimum atomic E-state index is -0.632. The van der Waals surface area contributed by atoms with E-state index in [0.717, 1.165) is 5.69 Å². The van der Waals surface area contributed by atoms with Crippen LogP contribution in [0.25, 0.3) is 16.3 Å². The number of nitrogens with one attached hydrogen (secondary N) is 1. The second-order valence-corrected chi connectivity index (χ2v) is 7.53. The van der Waals surface area contributed by atoms with Gasteiger partial charge in [0.15, 0.2) is 5.82 Å². The van der Waals surface area contributed by atoms with Crippen molar-refractivity contribution in [2.75, 3.05) is 6.54 Å². The molecular weight excluding hydrogens is 433 g/mol. The molecular formula is C19H13ClFN5O3S. The molecule has 0 aliphatic rings. The Morgan fingerprint density at radius 2 is 2.10 bits per heavy atom. The van der Waals surface area contributed by atoms with Gasteiger partial charge >= 0.3 is 0 Å². The highest BCUT2D eigenvalue weighted by Gasteiger charge is 2.20. The number of aromatic nitrogens is 3. The van der Waals surface area contributed by atoms with E-state index in [1.54, 1.807) is 22.7 Å². The number of benzene rings is 2. The van der Waals surface area contributed by atoms with E-state index in [1.807, 2.05) is 5.38 Å². The molecule has 0 atom stereocenters. The minimum Gasteiger partial charge on any atom is -0.351 e. The molecule has 11 heteroatoms. The molecule has 4 rings (SSSR count). The molecule has 0 spiro atoms. The zero-order valence-electron chi connectivity index (χ0n) is 15.2. The van der Waals surface area contributed by atoms with E-state index in [2.05, 4.69) is 15.4 Å². The molecule has 1 amide bonds. The van der Waals surface area contributed by atoms with Crippen LogP contribution >= 0.6 is 22.9 Å². The van der Waals surface area contributed by atoms with E-state index in [0.29, 0.717) is 16.9 Å². The topological polar surface area (TPSA) is 102 Å². The molecule has 2 aromatic heterocycles. The van der Waals surface area contributed by atoms with Gasteiger partial charge < -0.3 is 5.32 Å². The third-order valence-electron chi connectivity index (χ3n) is 4.33. The van der Waals surface area contributed by atoms with Crippen molar-refractivity contribution < 1.29 is 14.1 Å². The van der Waals surface area contributed by atoms with Gasteiger partial charge in [-0.1, -0.05) is 23.7 Å². The molecule has 0 aliphatic carbocycles. The maximum atomic E-state index is 14.0. The zero-order chi connectivity index (χ0) is 21.3. The fourth-order valence-electron chi connectivity index (χ4n) is 2.90. The Hall–Kier alpha value is -3.37. The summed E-state index contributed by atoms with van der Waals surface area (Å²) < 4.78 is 15.6. The maximum Gasteiger partial charge on any atom is 0.282 e. The molecule has 0 saturated carbocycles. The number of halogens is 2. The Morgan fingerprint density at radius 1 is 1.30 bits per heavy atom. The van der Waals surface area contributed by atoms with E-state index < -0.39 is 16.6 Å². The van der Waals surface area contributed by atoms with E-state index in [4.69, 9.17) is 11.6 Å². The largest absolute Gasteiger partial charge is 0.351 e. The van der Waals surface area contributed by atoms with Crippen LogP contribution in [0.15, 0.2) is 47.8 Å². The van der Waals surface area contributed by atoms with Gasteiger partial charge in [0.2, 0.25) is 4.96 Å². The number of carbonyl (C=O) groups excluding carboxylic acids is 1. The molecule has 2 aromatic carbocycles. The molecule has 4 aromatic rings. The number of fused-ring (bicyclic) bond motifs is 1. The molecule has 152 valence electrons. The zero-order valence-corrected chi connectivity index (χ0v) is 16.8. The lowest BCUT2D eigenvalue weighted by Gasteiger charge is -2.06. The third-order valence-corrected chi connectivity index (χ3v) is 5.43. The van der Waals surface area contributed by atoms with Crippen LogP contribution in [-0.4, -0.2) is 32.0 Å². The molecule has 0 saturated heterocycles. The molecule has 0 aliphatic heterocycles. The molecule has 8 nitrogen and oxygen atoms in total. The van der Waals surface area contributed by atoms with Crippen molar-refractivity contribution in [3.8, 4) is 11.4 Å². The van der Waals surface area contributed by atoms with Crippen molar-refractivity contribution in [1.82, 2.24) is 19.9 Å². The lowest BCUT2D eigenvalue weighted by atomic mass is 10.1. The summed E-state index contributed by atoms with van der Waals surface area (Å²) in [6.45, 7) is 0.212. The lowest BCUT2D eigenvalue weighted by molar-refractivity contribution is -0.385. The quantitative estimate of drug-likeness (QED) is 0.355. The Kier molecular flexibility index (Phi) is 5.42. The van der Waals surface area contributed by atoms with Crippen LogP contribution in [0.4, 0.5) is 10.1 Å². The Balaban J connectivity index is 1.49. The van der Waals surface area contributed by atoms with Gasteiger partial charge in [0, 0.05) is 29.4 Å². The number of hydrogen-bond acceptors (Lipinski definition) is 6. The Bertz CT molecular complexity index is 1270. The van der Waals surface area contributed by atoms with Crippen molar-refractivity contribution >= 4 is 39.5 Å².